The van der Waals surface area contributed by atoms with Crippen LogP contribution in [0.4, 0.5) is 10.6 Å². The molecule has 1 aliphatic carbocycles. The van der Waals surface area contributed by atoms with Crippen molar-refractivity contribution in [2.75, 3.05) is 24.6 Å². The molecule has 178 valence electrons. The number of anilines is 1. The number of primary amides is 1. The van der Waals surface area contributed by atoms with Crippen LogP contribution in [0.3, 0.4) is 0 Å². The molecule has 2 atom stereocenters. The zero-order valence-electron chi connectivity index (χ0n) is 18.8. The third-order valence-corrected chi connectivity index (χ3v) is 8.26. The lowest BCUT2D eigenvalue weighted by atomic mass is 9.74. The first-order valence-corrected chi connectivity index (χ1v) is 12.9. The number of piperidine rings is 1. The first kappa shape index (κ1) is 22.0. The number of aromatic nitrogens is 4. The minimum Gasteiger partial charge on any atom is -0.441 e. The van der Waals surface area contributed by atoms with Gasteiger partial charge in [0.15, 0.2) is 15.6 Å². The zero-order valence-corrected chi connectivity index (χ0v) is 21.0. The monoisotopic (exact) mass is 574 g/mol. The van der Waals surface area contributed by atoms with Crippen LogP contribution in [0.15, 0.2) is 30.5 Å². The number of nitrogens with two attached hydrogens (primary N) is 1. The fourth-order valence-corrected chi connectivity index (χ4v) is 6.43. The Morgan fingerprint density at radius 3 is 2.82 bits per heavy atom. The van der Waals surface area contributed by atoms with Crippen molar-refractivity contribution >= 4 is 45.7 Å². The molecule has 2 aromatic heterocycles. The Labute approximate surface area is 211 Å². The van der Waals surface area contributed by atoms with Gasteiger partial charge in [0.25, 0.3) is 0 Å². The summed E-state index contributed by atoms with van der Waals surface area (Å²) in [5, 5.41) is 4.69. The second kappa shape index (κ2) is 8.63. The molecule has 10 heteroatoms. The fourth-order valence-electron chi connectivity index (χ4n) is 5.81. The first-order valence-electron chi connectivity index (χ1n) is 11.9. The van der Waals surface area contributed by atoms with Gasteiger partial charge in [-0.05, 0) is 72.2 Å². The standard InChI is InChI=1S/C24H27IN6O3/c25-21-19-22(31(29-21)18-7-3-4-12-33-18)28-17(14-27-19)30-10-8-24(9-11-30)13-15-5-1-2-6-16(15)20(24)34-23(26)32/h1-2,5-6,14,18,20H,3-4,7-13H2,(H2,26,32). The van der Waals surface area contributed by atoms with Crippen LogP contribution in [0.1, 0.15) is 55.6 Å². The van der Waals surface area contributed by atoms with Gasteiger partial charge in [-0.3, -0.25) is 0 Å². The Hall–Kier alpha value is -2.47. The van der Waals surface area contributed by atoms with E-state index in [0.717, 1.165) is 84.5 Å². The molecular weight excluding hydrogens is 547 g/mol. The number of rotatable bonds is 3. The highest BCUT2D eigenvalue weighted by Gasteiger charge is 2.49. The Balaban J connectivity index is 1.26. The van der Waals surface area contributed by atoms with Crippen molar-refractivity contribution in [2.45, 2.75) is 50.9 Å². The van der Waals surface area contributed by atoms with E-state index in [4.69, 9.17) is 30.3 Å². The van der Waals surface area contributed by atoms with Crippen molar-refractivity contribution < 1.29 is 14.3 Å². The van der Waals surface area contributed by atoms with Crippen molar-refractivity contribution in [1.82, 2.24) is 19.7 Å². The summed E-state index contributed by atoms with van der Waals surface area (Å²) >= 11 is 2.22. The van der Waals surface area contributed by atoms with E-state index in [1.165, 1.54) is 5.56 Å². The summed E-state index contributed by atoms with van der Waals surface area (Å²) < 4.78 is 14.4. The Bertz CT molecular complexity index is 1230. The Morgan fingerprint density at radius 2 is 2.06 bits per heavy atom. The van der Waals surface area contributed by atoms with Gasteiger partial charge < -0.3 is 20.1 Å². The van der Waals surface area contributed by atoms with Crippen LogP contribution >= 0.6 is 22.6 Å². The number of ether oxygens (including phenoxy) is 2. The van der Waals surface area contributed by atoms with E-state index in [1.807, 2.05) is 23.0 Å². The van der Waals surface area contributed by atoms with Gasteiger partial charge in [-0.25, -0.2) is 19.4 Å². The molecule has 1 amide bonds. The number of nitrogens with zero attached hydrogens (tertiary/aromatic N) is 5. The van der Waals surface area contributed by atoms with Crippen LogP contribution in [-0.4, -0.2) is 45.5 Å². The van der Waals surface area contributed by atoms with Gasteiger partial charge in [-0.15, -0.1) is 0 Å². The minimum absolute atomic E-state index is 0.0855. The molecule has 2 unspecified atom stereocenters. The molecule has 6 rings (SSSR count). The molecule has 2 N–H and O–H groups in total. The number of fused-ring (bicyclic) bond motifs is 2. The number of halogens is 1. The summed E-state index contributed by atoms with van der Waals surface area (Å²) in [5.74, 6) is 0.846. The molecule has 2 saturated heterocycles. The highest BCUT2D eigenvalue weighted by molar-refractivity contribution is 14.1. The molecule has 1 aromatic carbocycles. The van der Waals surface area contributed by atoms with Crippen LogP contribution < -0.4 is 10.6 Å². The summed E-state index contributed by atoms with van der Waals surface area (Å²) in [6, 6.07) is 8.22. The number of amides is 1. The lowest BCUT2D eigenvalue weighted by Gasteiger charge is -2.42. The maximum absolute atomic E-state index is 11.7. The van der Waals surface area contributed by atoms with E-state index < -0.39 is 6.09 Å². The maximum atomic E-state index is 11.7. The van der Waals surface area contributed by atoms with E-state index in [2.05, 4.69) is 39.6 Å². The summed E-state index contributed by atoms with van der Waals surface area (Å²) in [7, 11) is 0. The van der Waals surface area contributed by atoms with Gasteiger partial charge in [-0.1, -0.05) is 24.3 Å². The third-order valence-electron chi connectivity index (χ3n) is 7.53. The third kappa shape index (κ3) is 3.71. The van der Waals surface area contributed by atoms with E-state index in [-0.39, 0.29) is 17.7 Å². The SMILES string of the molecule is NC(=O)OC1c2ccccc2CC12CCN(c1cnc3c(I)nn(C4CCCCO4)c3n1)CC2. The minimum atomic E-state index is -0.715. The van der Waals surface area contributed by atoms with E-state index in [0.29, 0.717) is 0 Å². The van der Waals surface area contributed by atoms with Gasteiger partial charge in [0.05, 0.1) is 6.20 Å². The molecule has 2 aliphatic heterocycles. The largest absolute Gasteiger partial charge is 0.441 e. The molecule has 0 bridgehead atoms. The number of carbonyl (C=O) groups excluding carboxylic acids is 1. The number of hydrogen-bond acceptors (Lipinski definition) is 7. The number of hydrogen-bond donors (Lipinski definition) is 1. The number of benzene rings is 1. The Morgan fingerprint density at radius 1 is 1.24 bits per heavy atom. The molecule has 1 spiro atoms. The Kier molecular flexibility index (Phi) is 5.59. The van der Waals surface area contributed by atoms with Crippen molar-refractivity contribution in [3.05, 3.63) is 45.3 Å². The van der Waals surface area contributed by atoms with Crippen LogP contribution in [0, 0.1) is 9.12 Å². The van der Waals surface area contributed by atoms with Gasteiger partial charge in [0, 0.05) is 25.1 Å². The van der Waals surface area contributed by atoms with Crippen molar-refractivity contribution in [3.63, 3.8) is 0 Å². The van der Waals surface area contributed by atoms with Gasteiger partial charge in [0.2, 0.25) is 0 Å². The van der Waals surface area contributed by atoms with E-state index in [9.17, 15) is 4.79 Å². The lowest BCUT2D eigenvalue weighted by Crippen LogP contribution is -2.44. The molecule has 4 heterocycles. The predicted molar refractivity (Wildman–Crippen MR) is 134 cm³/mol. The summed E-state index contributed by atoms with van der Waals surface area (Å²) in [5.41, 5.74) is 9.24. The lowest BCUT2D eigenvalue weighted by molar-refractivity contribution is -0.0372. The van der Waals surface area contributed by atoms with Crippen LogP contribution in [-0.2, 0) is 15.9 Å². The fraction of sp³-hybridized carbons (Fsp3) is 0.500. The van der Waals surface area contributed by atoms with E-state index in [1.54, 1.807) is 0 Å². The topological polar surface area (TPSA) is 108 Å². The second-order valence-corrected chi connectivity index (χ2v) is 10.5. The molecule has 9 nitrogen and oxygen atoms in total. The normalized spacial score (nSPS) is 23.9. The maximum Gasteiger partial charge on any atom is 0.405 e. The average Bonchev–Trinajstić information content (AvgIpc) is 3.34. The molecular formula is C24H27IN6O3. The van der Waals surface area contributed by atoms with Crippen LogP contribution in [0.25, 0.3) is 11.2 Å². The molecule has 0 saturated carbocycles. The van der Waals surface area contributed by atoms with Gasteiger partial charge in [0.1, 0.15) is 17.4 Å². The van der Waals surface area contributed by atoms with Crippen molar-refractivity contribution in [1.29, 1.82) is 0 Å². The zero-order chi connectivity index (χ0) is 23.3. The average molecular weight is 574 g/mol. The molecule has 3 aliphatic rings. The smallest absolute Gasteiger partial charge is 0.405 e. The summed E-state index contributed by atoms with van der Waals surface area (Å²) in [6.07, 6.45) is 6.54. The van der Waals surface area contributed by atoms with Crippen LogP contribution in [0.5, 0.6) is 0 Å². The quantitative estimate of drug-likeness (QED) is 0.469. The second-order valence-electron chi connectivity index (χ2n) is 9.50. The summed E-state index contributed by atoms with van der Waals surface area (Å²) in [6.45, 7) is 2.36. The molecule has 34 heavy (non-hydrogen) atoms. The van der Waals surface area contributed by atoms with Gasteiger partial charge >= 0.3 is 6.09 Å². The predicted octanol–water partition coefficient (Wildman–Crippen LogP) is 4.11. The van der Waals surface area contributed by atoms with Crippen LogP contribution in [0.2, 0.25) is 0 Å². The molecule has 3 aromatic rings. The van der Waals surface area contributed by atoms with E-state index >= 15 is 0 Å². The summed E-state index contributed by atoms with van der Waals surface area (Å²) in [4.78, 5) is 23.7. The number of carbonyl (C=O) groups is 1. The van der Waals surface area contributed by atoms with Crippen molar-refractivity contribution in [3.8, 4) is 0 Å². The molecule has 0 radical (unpaired) electrons. The first-order chi connectivity index (χ1) is 16.5. The van der Waals surface area contributed by atoms with Crippen molar-refractivity contribution in [2.24, 2.45) is 11.1 Å². The highest BCUT2D eigenvalue weighted by atomic mass is 127. The molecule has 2 fully saturated rings. The highest BCUT2D eigenvalue weighted by Crippen LogP contribution is 2.54. The van der Waals surface area contributed by atoms with Gasteiger partial charge in [-0.2, -0.15) is 5.10 Å².